The molecule has 1 atom stereocenters. The van der Waals surface area contributed by atoms with Crippen LogP contribution in [0.5, 0.6) is 0 Å². The maximum Gasteiger partial charge on any atom is 0.191 e. The van der Waals surface area contributed by atoms with Crippen molar-refractivity contribution in [2.24, 2.45) is 4.99 Å². The Labute approximate surface area is 177 Å². The van der Waals surface area contributed by atoms with Gasteiger partial charge in [0.1, 0.15) is 11.6 Å². The monoisotopic (exact) mass is 414 g/mol. The van der Waals surface area contributed by atoms with Crippen molar-refractivity contribution in [2.45, 2.75) is 57.5 Å². The minimum absolute atomic E-state index is 0.213. The molecule has 0 aliphatic carbocycles. The smallest absolute Gasteiger partial charge is 0.191 e. The molecule has 2 aliphatic rings. The lowest BCUT2D eigenvalue weighted by Crippen LogP contribution is -2.45. The van der Waals surface area contributed by atoms with Crippen molar-refractivity contribution in [1.82, 2.24) is 30.4 Å². The van der Waals surface area contributed by atoms with Gasteiger partial charge in [-0.3, -0.25) is 4.99 Å². The highest BCUT2D eigenvalue weighted by Gasteiger charge is 2.25. The van der Waals surface area contributed by atoms with Gasteiger partial charge in [0.2, 0.25) is 0 Å². The molecule has 2 aromatic heterocycles. The van der Waals surface area contributed by atoms with Crippen LogP contribution in [-0.2, 0) is 19.4 Å². The van der Waals surface area contributed by atoms with Gasteiger partial charge in [0.05, 0.1) is 0 Å². The molecule has 4 heterocycles. The molecule has 2 aliphatic heterocycles. The summed E-state index contributed by atoms with van der Waals surface area (Å²) in [6, 6.07) is 3.29. The molecule has 0 saturated carbocycles. The van der Waals surface area contributed by atoms with Crippen LogP contribution in [0.15, 0.2) is 23.3 Å². The van der Waals surface area contributed by atoms with Gasteiger partial charge in [0, 0.05) is 58.3 Å². The Morgan fingerprint density at radius 3 is 3.07 bits per heavy atom. The van der Waals surface area contributed by atoms with Crippen molar-refractivity contribution in [2.75, 3.05) is 31.6 Å². The topological polar surface area (TPSA) is 83.3 Å². The van der Waals surface area contributed by atoms with Crippen molar-refractivity contribution >= 4 is 11.8 Å². The average Bonchev–Trinajstić information content (AvgIpc) is 3.30. The van der Waals surface area contributed by atoms with Gasteiger partial charge in [-0.05, 0) is 37.8 Å². The molecule has 0 bridgehead atoms. The van der Waals surface area contributed by atoms with Crippen LogP contribution in [0.25, 0.3) is 0 Å². The van der Waals surface area contributed by atoms with E-state index in [4.69, 9.17) is 0 Å². The number of hydrogen-bond acceptors (Lipinski definition) is 5. The fraction of sp³-hybridized carbons (Fsp3) is 0.619. The van der Waals surface area contributed by atoms with E-state index in [-0.39, 0.29) is 11.9 Å². The van der Waals surface area contributed by atoms with Crippen molar-refractivity contribution in [3.05, 3.63) is 35.8 Å². The molecule has 0 aromatic carbocycles. The van der Waals surface area contributed by atoms with E-state index in [9.17, 15) is 4.39 Å². The normalized spacial score (nSPS) is 19.5. The maximum absolute atomic E-state index is 14.0. The van der Waals surface area contributed by atoms with Crippen molar-refractivity contribution < 1.29 is 4.39 Å². The second-order valence-corrected chi connectivity index (χ2v) is 7.98. The molecule has 2 N–H and O–H groups in total. The Hall–Kier alpha value is -2.71. The molecule has 1 saturated heterocycles. The predicted molar refractivity (Wildman–Crippen MR) is 115 cm³/mol. The van der Waals surface area contributed by atoms with Crippen molar-refractivity contribution in [3.63, 3.8) is 0 Å². The standard InChI is InChI=1S/C21H31FN8/c1-23-21(26-16-10-14-29(15-16)20-17(22)7-5-11-24-20)25-12-6-9-19-28-27-18-8-3-2-4-13-30(18)19/h5,7,11,16H,2-4,6,8-10,12-15H2,1H3,(H2,23,25,26). The van der Waals surface area contributed by atoms with E-state index in [0.29, 0.717) is 12.4 Å². The Bertz CT molecular complexity index is 864. The molecular formula is C21H31FN8. The number of pyridine rings is 1. The highest BCUT2D eigenvalue weighted by Crippen LogP contribution is 2.20. The quantitative estimate of drug-likeness (QED) is 0.427. The Morgan fingerprint density at radius 2 is 2.20 bits per heavy atom. The molecule has 4 rings (SSSR count). The molecule has 30 heavy (non-hydrogen) atoms. The lowest BCUT2D eigenvalue weighted by molar-refractivity contribution is 0.591. The van der Waals surface area contributed by atoms with Gasteiger partial charge >= 0.3 is 0 Å². The summed E-state index contributed by atoms with van der Waals surface area (Å²) in [5.74, 6) is 3.18. The summed E-state index contributed by atoms with van der Waals surface area (Å²) in [5.41, 5.74) is 0. The molecule has 8 nitrogen and oxygen atoms in total. The van der Waals surface area contributed by atoms with Gasteiger partial charge in [0.15, 0.2) is 17.6 Å². The molecule has 162 valence electrons. The van der Waals surface area contributed by atoms with E-state index in [2.05, 4.69) is 35.4 Å². The van der Waals surface area contributed by atoms with Gasteiger partial charge in [-0.25, -0.2) is 9.37 Å². The zero-order chi connectivity index (χ0) is 20.8. The number of aromatic nitrogens is 4. The summed E-state index contributed by atoms with van der Waals surface area (Å²) in [7, 11) is 1.78. The fourth-order valence-electron chi connectivity index (χ4n) is 4.25. The molecular weight excluding hydrogens is 383 g/mol. The SMILES string of the molecule is CN=C(NCCCc1nnc2n1CCCCC2)NC1CCN(c2ncccc2F)C1. The third-order valence-corrected chi connectivity index (χ3v) is 5.85. The van der Waals surface area contributed by atoms with Gasteiger partial charge in [-0.2, -0.15) is 0 Å². The first kappa shape index (κ1) is 20.6. The number of anilines is 1. The number of halogens is 1. The number of hydrogen-bond donors (Lipinski definition) is 2. The number of fused-ring (bicyclic) bond motifs is 1. The number of guanidine groups is 1. The molecule has 0 amide bonds. The average molecular weight is 415 g/mol. The first-order valence-electron chi connectivity index (χ1n) is 11.0. The minimum atomic E-state index is -0.271. The number of aliphatic imine (C=N–C) groups is 1. The highest BCUT2D eigenvalue weighted by molar-refractivity contribution is 5.80. The molecule has 0 spiro atoms. The van der Waals surface area contributed by atoms with Crippen LogP contribution in [0.2, 0.25) is 0 Å². The van der Waals surface area contributed by atoms with Crippen molar-refractivity contribution in [3.8, 4) is 0 Å². The lowest BCUT2D eigenvalue weighted by Gasteiger charge is -2.20. The number of nitrogens with zero attached hydrogens (tertiary/aromatic N) is 6. The maximum atomic E-state index is 14.0. The van der Waals surface area contributed by atoms with E-state index in [1.54, 1.807) is 19.3 Å². The van der Waals surface area contributed by atoms with E-state index < -0.39 is 0 Å². The zero-order valence-corrected chi connectivity index (χ0v) is 17.6. The van der Waals surface area contributed by atoms with Crippen molar-refractivity contribution in [1.29, 1.82) is 0 Å². The van der Waals surface area contributed by atoms with Crippen LogP contribution in [0.4, 0.5) is 10.2 Å². The predicted octanol–water partition coefficient (Wildman–Crippen LogP) is 1.92. The first-order valence-corrected chi connectivity index (χ1v) is 11.0. The summed E-state index contributed by atoms with van der Waals surface area (Å²) in [6.45, 7) is 3.34. The van der Waals surface area contributed by atoms with Crippen LogP contribution < -0.4 is 15.5 Å². The lowest BCUT2D eigenvalue weighted by atomic mass is 10.2. The Kier molecular flexibility index (Phi) is 6.76. The summed E-state index contributed by atoms with van der Waals surface area (Å²) < 4.78 is 16.3. The van der Waals surface area contributed by atoms with E-state index in [1.165, 1.54) is 25.3 Å². The summed E-state index contributed by atoms with van der Waals surface area (Å²) in [5, 5.41) is 15.6. The largest absolute Gasteiger partial charge is 0.356 e. The zero-order valence-electron chi connectivity index (χ0n) is 17.6. The van der Waals surface area contributed by atoms with Crippen LogP contribution >= 0.6 is 0 Å². The van der Waals surface area contributed by atoms with Gasteiger partial charge < -0.3 is 20.1 Å². The number of aryl methyl sites for hydroxylation is 2. The molecule has 2 aromatic rings. The second kappa shape index (κ2) is 9.86. The number of nitrogens with one attached hydrogen (secondary N) is 2. The van der Waals surface area contributed by atoms with Gasteiger partial charge in [-0.1, -0.05) is 6.42 Å². The molecule has 0 radical (unpaired) electrons. The summed E-state index contributed by atoms with van der Waals surface area (Å²) >= 11 is 0. The van der Waals surface area contributed by atoms with Crippen LogP contribution in [0.3, 0.4) is 0 Å². The second-order valence-electron chi connectivity index (χ2n) is 7.98. The molecule has 1 unspecified atom stereocenters. The Balaban J connectivity index is 1.21. The van der Waals surface area contributed by atoms with Gasteiger partial charge in [0.25, 0.3) is 0 Å². The van der Waals surface area contributed by atoms with Crippen LogP contribution in [0.1, 0.15) is 43.8 Å². The fourth-order valence-corrected chi connectivity index (χ4v) is 4.25. The molecule has 1 fully saturated rings. The van der Waals surface area contributed by atoms with Gasteiger partial charge in [-0.15, -0.1) is 10.2 Å². The minimum Gasteiger partial charge on any atom is -0.356 e. The third kappa shape index (κ3) is 4.88. The summed E-state index contributed by atoms with van der Waals surface area (Å²) in [4.78, 5) is 10.5. The number of rotatable bonds is 6. The third-order valence-electron chi connectivity index (χ3n) is 5.85. The highest BCUT2D eigenvalue weighted by atomic mass is 19.1. The van der Waals surface area contributed by atoms with E-state index >= 15 is 0 Å². The summed E-state index contributed by atoms with van der Waals surface area (Å²) in [6.07, 6.45) is 9.18. The first-order chi connectivity index (χ1) is 14.7. The molecule has 9 heteroatoms. The van der Waals surface area contributed by atoms with Crippen LogP contribution in [0, 0.1) is 5.82 Å². The van der Waals surface area contributed by atoms with E-state index in [1.807, 2.05) is 4.90 Å². The Morgan fingerprint density at radius 1 is 1.27 bits per heavy atom. The van der Waals surface area contributed by atoms with Crippen LogP contribution in [-0.4, -0.2) is 58.4 Å². The van der Waals surface area contributed by atoms with E-state index in [0.717, 1.165) is 62.9 Å².